The highest BCUT2D eigenvalue weighted by Crippen LogP contribution is 2.16. The standard InChI is InChI=1S/C10H14FN/c1-3-10(12)8-5-4-7(2)9(11)6-8/h4-6,10H,3,12H2,1-2H3/t10-/m0/s1. The first-order valence-corrected chi connectivity index (χ1v) is 4.16. The van der Waals surface area contributed by atoms with Crippen molar-refractivity contribution in [3.8, 4) is 0 Å². The SMILES string of the molecule is CC[C@H](N)c1ccc(C)c(F)c1. The Balaban J connectivity index is 2.96. The predicted molar refractivity (Wildman–Crippen MR) is 48.4 cm³/mol. The maximum Gasteiger partial charge on any atom is 0.126 e. The van der Waals surface area contributed by atoms with Crippen LogP contribution in [0.15, 0.2) is 18.2 Å². The topological polar surface area (TPSA) is 26.0 Å². The average molecular weight is 167 g/mol. The van der Waals surface area contributed by atoms with Gasteiger partial charge in [0.1, 0.15) is 5.82 Å². The average Bonchev–Trinajstić information content (AvgIpc) is 2.08. The van der Waals surface area contributed by atoms with E-state index in [0.29, 0.717) is 5.56 Å². The molecule has 0 heterocycles. The van der Waals surface area contributed by atoms with Crippen molar-refractivity contribution in [1.82, 2.24) is 0 Å². The molecule has 1 atom stereocenters. The fourth-order valence-electron chi connectivity index (χ4n) is 1.08. The van der Waals surface area contributed by atoms with Crippen LogP contribution in [0, 0.1) is 12.7 Å². The molecule has 1 aromatic rings. The quantitative estimate of drug-likeness (QED) is 0.719. The zero-order valence-corrected chi connectivity index (χ0v) is 7.47. The molecule has 0 fully saturated rings. The monoisotopic (exact) mass is 167 g/mol. The molecule has 0 aliphatic carbocycles. The Morgan fingerprint density at radius 1 is 1.50 bits per heavy atom. The third kappa shape index (κ3) is 1.83. The van der Waals surface area contributed by atoms with E-state index in [1.165, 1.54) is 6.07 Å². The molecule has 1 nitrogen and oxygen atoms in total. The van der Waals surface area contributed by atoms with Crippen LogP contribution in [-0.4, -0.2) is 0 Å². The third-order valence-electron chi connectivity index (χ3n) is 2.06. The molecule has 0 aromatic heterocycles. The lowest BCUT2D eigenvalue weighted by molar-refractivity contribution is 0.608. The van der Waals surface area contributed by atoms with Crippen molar-refractivity contribution in [2.75, 3.05) is 0 Å². The molecular formula is C10H14FN. The second-order valence-corrected chi connectivity index (χ2v) is 3.02. The largest absolute Gasteiger partial charge is 0.324 e. The van der Waals surface area contributed by atoms with Crippen LogP contribution in [0.1, 0.15) is 30.5 Å². The van der Waals surface area contributed by atoms with Gasteiger partial charge in [-0.3, -0.25) is 0 Å². The van der Waals surface area contributed by atoms with E-state index in [4.69, 9.17) is 5.73 Å². The molecule has 0 radical (unpaired) electrons. The van der Waals surface area contributed by atoms with Gasteiger partial charge in [-0.25, -0.2) is 4.39 Å². The Labute approximate surface area is 72.4 Å². The Kier molecular flexibility index (Phi) is 2.82. The number of hydrogen-bond donors (Lipinski definition) is 1. The lowest BCUT2D eigenvalue weighted by Crippen LogP contribution is -2.08. The molecule has 1 aromatic carbocycles. The summed E-state index contributed by atoms with van der Waals surface area (Å²) in [6.07, 6.45) is 0.836. The smallest absolute Gasteiger partial charge is 0.126 e. The molecule has 0 amide bonds. The van der Waals surface area contributed by atoms with E-state index in [-0.39, 0.29) is 11.9 Å². The summed E-state index contributed by atoms with van der Waals surface area (Å²) in [5.41, 5.74) is 7.29. The molecule has 2 N–H and O–H groups in total. The van der Waals surface area contributed by atoms with E-state index >= 15 is 0 Å². The van der Waals surface area contributed by atoms with Crippen molar-refractivity contribution < 1.29 is 4.39 Å². The molecule has 0 aliphatic rings. The van der Waals surface area contributed by atoms with Gasteiger partial charge in [0.15, 0.2) is 0 Å². The molecular weight excluding hydrogens is 153 g/mol. The predicted octanol–water partition coefficient (Wildman–Crippen LogP) is 2.54. The lowest BCUT2D eigenvalue weighted by Gasteiger charge is -2.09. The minimum absolute atomic E-state index is 0.0416. The summed E-state index contributed by atoms with van der Waals surface area (Å²) < 4.78 is 13.0. The molecule has 0 bridgehead atoms. The molecule has 0 saturated heterocycles. The van der Waals surface area contributed by atoms with Gasteiger partial charge in [0.05, 0.1) is 0 Å². The van der Waals surface area contributed by atoms with Crippen LogP contribution >= 0.6 is 0 Å². The first kappa shape index (κ1) is 9.20. The summed E-state index contributed by atoms with van der Waals surface area (Å²) in [7, 11) is 0. The summed E-state index contributed by atoms with van der Waals surface area (Å²) >= 11 is 0. The Bertz CT molecular complexity index is 271. The molecule has 2 heteroatoms. The summed E-state index contributed by atoms with van der Waals surface area (Å²) in [4.78, 5) is 0. The molecule has 1 rings (SSSR count). The second kappa shape index (κ2) is 3.68. The van der Waals surface area contributed by atoms with Gasteiger partial charge in [-0.05, 0) is 30.5 Å². The van der Waals surface area contributed by atoms with Crippen LogP contribution in [0.3, 0.4) is 0 Å². The van der Waals surface area contributed by atoms with Crippen LogP contribution in [0.25, 0.3) is 0 Å². The van der Waals surface area contributed by atoms with Gasteiger partial charge in [0.2, 0.25) is 0 Å². The summed E-state index contributed by atoms with van der Waals surface area (Å²) in [5, 5.41) is 0. The van der Waals surface area contributed by atoms with Crippen molar-refractivity contribution in [1.29, 1.82) is 0 Å². The number of rotatable bonds is 2. The van der Waals surface area contributed by atoms with Crippen molar-refractivity contribution in [2.24, 2.45) is 5.73 Å². The number of benzene rings is 1. The normalized spacial score (nSPS) is 13.0. The van der Waals surface area contributed by atoms with E-state index < -0.39 is 0 Å². The zero-order chi connectivity index (χ0) is 9.14. The van der Waals surface area contributed by atoms with Crippen molar-refractivity contribution in [3.63, 3.8) is 0 Å². The van der Waals surface area contributed by atoms with Crippen LogP contribution in [0.2, 0.25) is 0 Å². The first-order chi connectivity index (χ1) is 5.65. The van der Waals surface area contributed by atoms with Crippen molar-refractivity contribution >= 4 is 0 Å². The van der Waals surface area contributed by atoms with Gasteiger partial charge < -0.3 is 5.73 Å². The summed E-state index contributed by atoms with van der Waals surface area (Å²) in [5.74, 6) is -0.170. The Morgan fingerprint density at radius 2 is 2.17 bits per heavy atom. The fourth-order valence-corrected chi connectivity index (χ4v) is 1.08. The summed E-state index contributed by atoms with van der Waals surface area (Å²) in [6, 6.07) is 5.12. The lowest BCUT2D eigenvalue weighted by atomic mass is 10.0. The van der Waals surface area contributed by atoms with Gasteiger partial charge in [-0.2, -0.15) is 0 Å². The van der Waals surface area contributed by atoms with Gasteiger partial charge >= 0.3 is 0 Å². The maximum atomic E-state index is 13.0. The van der Waals surface area contributed by atoms with Crippen LogP contribution in [0.4, 0.5) is 4.39 Å². The Morgan fingerprint density at radius 3 is 2.67 bits per heavy atom. The second-order valence-electron chi connectivity index (χ2n) is 3.02. The molecule has 66 valence electrons. The van der Waals surface area contributed by atoms with E-state index in [1.807, 2.05) is 13.0 Å². The van der Waals surface area contributed by atoms with E-state index in [1.54, 1.807) is 13.0 Å². The fraction of sp³-hybridized carbons (Fsp3) is 0.400. The minimum Gasteiger partial charge on any atom is -0.324 e. The molecule has 12 heavy (non-hydrogen) atoms. The first-order valence-electron chi connectivity index (χ1n) is 4.16. The number of aryl methyl sites for hydroxylation is 1. The van der Waals surface area contributed by atoms with Gasteiger partial charge in [-0.15, -0.1) is 0 Å². The molecule has 0 aliphatic heterocycles. The Hall–Kier alpha value is -0.890. The highest BCUT2D eigenvalue weighted by Gasteiger charge is 2.04. The van der Waals surface area contributed by atoms with Crippen molar-refractivity contribution in [2.45, 2.75) is 26.3 Å². The van der Waals surface area contributed by atoms with Crippen LogP contribution in [-0.2, 0) is 0 Å². The molecule has 0 spiro atoms. The summed E-state index contributed by atoms with van der Waals surface area (Å²) in [6.45, 7) is 3.74. The maximum absolute atomic E-state index is 13.0. The minimum atomic E-state index is -0.170. The third-order valence-corrected chi connectivity index (χ3v) is 2.06. The highest BCUT2D eigenvalue weighted by atomic mass is 19.1. The van der Waals surface area contributed by atoms with E-state index in [2.05, 4.69) is 0 Å². The van der Waals surface area contributed by atoms with Crippen LogP contribution < -0.4 is 5.73 Å². The number of halogens is 1. The van der Waals surface area contributed by atoms with Crippen LogP contribution in [0.5, 0.6) is 0 Å². The zero-order valence-electron chi connectivity index (χ0n) is 7.47. The molecule has 0 unspecified atom stereocenters. The van der Waals surface area contributed by atoms with Gasteiger partial charge in [0, 0.05) is 6.04 Å². The molecule has 0 saturated carbocycles. The van der Waals surface area contributed by atoms with E-state index in [0.717, 1.165) is 12.0 Å². The van der Waals surface area contributed by atoms with Crippen molar-refractivity contribution in [3.05, 3.63) is 35.1 Å². The van der Waals surface area contributed by atoms with Gasteiger partial charge in [0.25, 0.3) is 0 Å². The van der Waals surface area contributed by atoms with Gasteiger partial charge in [-0.1, -0.05) is 19.1 Å². The highest BCUT2D eigenvalue weighted by molar-refractivity contribution is 5.25. The number of nitrogens with two attached hydrogens (primary N) is 1. The number of hydrogen-bond acceptors (Lipinski definition) is 1. The van der Waals surface area contributed by atoms with E-state index in [9.17, 15) is 4.39 Å².